The predicted octanol–water partition coefficient (Wildman–Crippen LogP) is 4.58. The van der Waals surface area contributed by atoms with Crippen molar-refractivity contribution in [3.05, 3.63) is 28.1 Å². The number of fused-ring (bicyclic) bond motifs is 1. The Morgan fingerprint density at radius 2 is 2.08 bits per heavy atom. The molecule has 2 aromatic rings. The first-order valence-electron chi connectivity index (χ1n) is 3.67. The first-order valence-corrected chi connectivity index (χ1v) is 5.85. The van der Waals surface area contributed by atoms with Gasteiger partial charge in [0, 0.05) is 15.5 Å². The third-order valence-corrected chi connectivity index (χ3v) is 3.76. The van der Waals surface area contributed by atoms with Gasteiger partial charge in [-0.05, 0) is 29.1 Å². The second-order valence-electron chi connectivity index (χ2n) is 2.70. The number of rotatable bonds is 1. The van der Waals surface area contributed by atoms with Crippen molar-refractivity contribution in [2.45, 2.75) is 10.8 Å². The van der Waals surface area contributed by atoms with E-state index in [1.807, 2.05) is 18.2 Å². The fraction of sp³-hybridized carbons (Fsp3) is 0.111. The van der Waals surface area contributed by atoms with Crippen molar-refractivity contribution in [3.63, 3.8) is 0 Å². The van der Waals surface area contributed by atoms with Gasteiger partial charge in [-0.15, -0.1) is 35.6 Å². The molecule has 0 spiro atoms. The number of thiol groups is 1. The molecule has 1 aromatic carbocycles. The van der Waals surface area contributed by atoms with Gasteiger partial charge in [0.2, 0.25) is 0 Å². The average Bonchev–Trinajstić information content (AvgIpc) is 2.42. The summed E-state index contributed by atoms with van der Waals surface area (Å²) in [6, 6.07) is 5.99. The fourth-order valence-electron chi connectivity index (χ4n) is 1.19. The highest BCUT2D eigenvalue weighted by atomic mass is 35.5. The van der Waals surface area contributed by atoms with E-state index in [0.29, 0.717) is 5.88 Å². The highest BCUT2D eigenvalue weighted by molar-refractivity contribution is 7.80. The van der Waals surface area contributed by atoms with Gasteiger partial charge >= 0.3 is 0 Å². The monoisotopic (exact) mass is 248 g/mol. The van der Waals surface area contributed by atoms with E-state index in [2.05, 4.69) is 12.6 Å². The zero-order chi connectivity index (χ0) is 9.42. The smallest absolute Gasteiger partial charge is 0.0940 e. The molecule has 0 saturated carbocycles. The lowest BCUT2D eigenvalue weighted by molar-refractivity contribution is 1.30. The molecule has 0 aliphatic heterocycles. The van der Waals surface area contributed by atoms with E-state index in [1.54, 1.807) is 11.3 Å². The zero-order valence-corrected chi connectivity index (χ0v) is 9.77. The predicted molar refractivity (Wildman–Crippen MR) is 63.6 cm³/mol. The van der Waals surface area contributed by atoms with Crippen molar-refractivity contribution in [2.75, 3.05) is 0 Å². The van der Waals surface area contributed by atoms with Gasteiger partial charge in [0.05, 0.1) is 4.34 Å². The Kier molecular flexibility index (Phi) is 2.75. The lowest BCUT2D eigenvalue weighted by Crippen LogP contribution is -1.79. The van der Waals surface area contributed by atoms with Crippen LogP contribution in [-0.4, -0.2) is 0 Å². The van der Waals surface area contributed by atoms with Crippen LogP contribution in [0.5, 0.6) is 0 Å². The maximum atomic E-state index is 5.89. The van der Waals surface area contributed by atoms with Crippen LogP contribution in [0.1, 0.15) is 5.56 Å². The summed E-state index contributed by atoms with van der Waals surface area (Å²) in [6.45, 7) is 0. The van der Waals surface area contributed by atoms with Crippen LogP contribution in [0.15, 0.2) is 23.1 Å². The van der Waals surface area contributed by atoms with Crippen LogP contribution < -0.4 is 0 Å². The summed E-state index contributed by atoms with van der Waals surface area (Å²) in [4.78, 5) is 0.928. The van der Waals surface area contributed by atoms with Gasteiger partial charge in [-0.25, -0.2) is 0 Å². The Bertz CT molecular complexity index is 448. The molecule has 0 nitrogen and oxygen atoms in total. The van der Waals surface area contributed by atoms with Crippen LogP contribution in [-0.2, 0) is 5.88 Å². The van der Waals surface area contributed by atoms with Crippen molar-refractivity contribution >= 4 is 57.3 Å². The summed E-state index contributed by atoms with van der Waals surface area (Å²) in [5.74, 6) is 0.490. The standard InChI is InChI=1S/C9H6Cl2S2/c10-4-6-2-8-5(1-7(6)12)3-9(11)13-8/h1-3,12H,4H2. The fourth-order valence-corrected chi connectivity index (χ4v) is 2.99. The molecule has 0 radical (unpaired) electrons. The van der Waals surface area contributed by atoms with Crippen molar-refractivity contribution in [1.29, 1.82) is 0 Å². The Morgan fingerprint density at radius 3 is 2.77 bits per heavy atom. The minimum absolute atomic E-state index is 0.490. The Morgan fingerprint density at radius 1 is 1.31 bits per heavy atom. The lowest BCUT2D eigenvalue weighted by Gasteiger charge is -1.99. The van der Waals surface area contributed by atoms with Crippen molar-refractivity contribution < 1.29 is 0 Å². The lowest BCUT2D eigenvalue weighted by atomic mass is 10.2. The molecule has 0 atom stereocenters. The molecule has 1 aromatic heterocycles. The van der Waals surface area contributed by atoms with Gasteiger partial charge in [-0.1, -0.05) is 11.6 Å². The van der Waals surface area contributed by atoms with Gasteiger partial charge in [-0.2, -0.15) is 0 Å². The van der Waals surface area contributed by atoms with Crippen molar-refractivity contribution in [3.8, 4) is 0 Å². The Labute approximate surface area is 95.9 Å². The van der Waals surface area contributed by atoms with Crippen molar-refractivity contribution in [2.24, 2.45) is 0 Å². The summed E-state index contributed by atoms with van der Waals surface area (Å²) in [6.07, 6.45) is 0. The molecule has 2 rings (SSSR count). The van der Waals surface area contributed by atoms with Crippen LogP contribution in [0.2, 0.25) is 4.34 Å². The van der Waals surface area contributed by atoms with E-state index in [0.717, 1.165) is 20.2 Å². The Balaban J connectivity index is 2.72. The molecule has 1 heterocycles. The molecule has 0 aliphatic rings. The number of halogens is 2. The highest BCUT2D eigenvalue weighted by Crippen LogP contribution is 2.33. The number of thiophene rings is 1. The molecular weight excluding hydrogens is 243 g/mol. The molecule has 0 bridgehead atoms. The number of alkyl halides is 1. The highest BCUT2D eigenvalue weighted by Gasteiger charge is 2.04. The Hall–Kier alpha value is 0.110. The van der Waals surface area contributed by atoms with E-state index < -0.39 is 0 Å². The van der Waals surface area contributed by atoms with Gasteiger partial charge in [0.25, 0.3) is 0 Å². The van der Waals surface area contributed by atoms with Crippen LogP contribution in [0.25, 0.3) is 10.1 Å². The summed E-state index contributed by atoms with van der Waals surface area (Å²) in [5, 5.41) is 1.13. The maximum Gasteiger partial charge on any atom is 0.0940 e. The summed E-state index contributed by atoms with van der Waals surface area (Å²) in [5.41, 5.74) is 1.05. The normalized spacial score (nSPS) is 11.0. The van der Waals surface area contributed by atoms with Crippen LogP contribution >= 0.6 is 47.2 Å². The van der Waals surface area contributed by atoms with Crippen LogP contribution in [0, 0.1) is 0 Å². The molecule has 0 unspecified atom stereocenters. The molecule has 0 amide bonds. The second kappa shape index (κ2) is 3.70. The van der Waals surface area contributed by atoms with Gasteiger partial charge < -0.3 is 0 Å². The topological polar surface area (TPSA) is 0 Å². The summed E-state index contributed by atoms with van der Waals surface area (Å²) in [7, 11) is 0. The van der Waals surface area contributed by atoms with E-state index in [9.17, 15) is 0 Å². The van der Waals surface area contributed by atoms with Crippen LogP contribution in [0.4, 0.5) is 0 Å². The van der Waals surface area contributed by atoms with E-state index in [1.165, 1.54) is 4.70 Å². The molecule has 4 heteroatoms. The minimum Gasteiger partial charge on any atom is -0.143 e. The molecule has 0 saturated heterocycles. The molecule has 0 fully saturated rings. The quantitative estimate of drug-likeness (QED) is 0.555. The third-order valence-electron chi connectivity index (χ3n) is 1.83. The third kappa shape index (κ3) is 1.82. The minimum atomic E-state index is 0.490. The van der Waals surface area contributed by atoms with E-state index in [4.69, 9.17) is 23.2 Å². The first kappa shape index (κ1) is 9.66. The molecule has 0 aliphatic carbocycles. The number of hydrogen-bond acceptors (Lipinski definition) is 2. The second-order valence-corrected chi connectivity index (χ2v) is 5.17. The molecular formula is C9H6Cl2S2. The average molecular weight is 249 g/mol. The molecule has 13 heavy (non-hydrogen) atoms. The van der Waals surface area contributed by atoms with Crippen molar-refractivity contribution in [1.82, 2.24) is 0 Å². The van der Waals surface area contributed by atoms with Crippen LogP contribution in [0.3, 0.4) is 0 Å². The zero-order valence-electron chi connectivity index (χ0n) is 6.55. The van der Waals surface area contributed by atoms with Gasteiger partial charge in [0.15, 0.2) is 0 Å². The molecule has 68 valence electrons. The summed E-state index contributed by atoms with van der Waals surface area (Å²) < 4.78 is 1.97. The maximum absolute atomic E-state index is 5.89. The first-order chi connectivity index (χ1) is 6.20. The SMILES string of the molecule is Sc1cc2cc(Cl)sc2cc1CCl. The summed E-state index contributed by atoms with van der Waals surface area (Å²) >= 11 is 17.6. The van der Waals surface area contributed by atoms with E-state index in [-0.39, 0.29) is 0 Å². The number of hydrogen-bond donors (Lipinski definition) is 1. The van der Waals surface area contributed by atoms with Gasteiger partial charge in [-0.3, -0.25) is 0 Å². The number of benzene rings is 1. The molecule has 0 N–H and O–H groups in total. The largest absolute Gasteiger partial charge is 0.143 e. The van der Waals surface area contributed by atoms with Gasteiger partial charge in [0.1, 0.15) is 0 Å². The van der Waals surface area contributed by atoms with E-state index >= 15 is 0 Å².